The fourth-order valence-corrected chi connectivity index (χ4v) is 3.77. The zero-order valence-electron chi connectivity index (χ0n) is 12.4. The van der Waals surface area contributed by atoms with Gasteiger partial charge in [0.2, 0.25) is 0 Å². The second kappa shape index (κ2) is 7.59. The molecule has 0 amide bonds. The Balaban J connectivity index is 0.00000192. The summed E-state index contributed by atoms with van der Waals surface area (Å²) in [6.07, 6.45) is -1.07. The molecule has 0 saturated carbocycles. The summed E-state index contributed by atoms with van der Waals surface area (Å²) < 4.78 is 41.1. The van der Waals surface area contributed by atoms with Gasteiger partial charge < -0.3 is 10.1 Å². The maximum atomic E-state index is 12.3. The van der Waals surface area contributed by atoms with Gasteiger partial charge in [-0.05, 0) is 52.9 Å². The van der Waals surface area contributed by atoms with E-state index in [1.54, 1.807) is 12.1 Å². The zero-order chi connectivity index (χ0) is 15.7. The standard InChI is InChI=1S/C15H18BrF3N2O.ClH/c16-13-7-10(1-4-14(13)22-15(17,18)19)8-21-6-5-11-2-3-12(9-21)20-11;/h1,4,7,11-12,20H,2-3,5-6,8-9H2;1H. The summed E-state index contributed by atoms with van der Waals surface area (Å²) in [7, 11) is 0. The van der Waals surface area contributed by atoms with Crippen molar-refractivity contribution in [3.05, 3.63) is 28.2 Å². The predicted octanol–water partition coefficient (Wildman–Crippen LogP) is 4.10. The highest BCUT2D eigenvalue weighted by Crippen LogP contribution is 2.31. The molecule has 1 aromatic rings. The molecular weight excluding hydrogens is 397 g/mol. The Hall–Kier alpha value is -0.500. The molecule has 3 rings (SSSR count). The summed E-state index contributed by atoms with van der Waals surface area (Å²) in [4.78, 5) is 2.36. The van der Waals surface area contributed by atoms with E-state index in [9.17, 15) is 13.2 Å². The van der Waals surface area contributed by atoms with Crippen molar-refractivity contribution in [2.45, 2.75) is 44.3 Å². The summed E-state index contributed by atoms with van der Waals surface area (Å²) in [6.45, 7) is 2.76. The third-order valence-corrected chi connectivity index (χ3v) is 4.86. The van der Waals surface area contributed by atoms with Crippen molar-refractivity contribution in [1.29, 1.82) is 0 Å². The van der Waals surface area contributed by atoms with E-state index in [2.05, 4.69) is 30.9 Å². The molecule has 23 heavy (non-hydrogen) atoms. The van der Waals surface area contributed by atoms with Crippen LogP contribution in [0.5, 0.6) is 5.75 Å². The van der Waals surface area contributed by atoms with Crippen LogP contribution < -0.4 is 10.1 Å². The third-order valence-electron chi connectivity index (χ3n) is 4.24. The van der Waals surface area contributed by atoms with Crippen LogP contribution in [0.4, 0.5) is 13.2 Å². The van der Waals surface area contributed by atoms with Crippen molar-refractivity contribution < 1.29 is 17.9 Å². The van der Waals surface area contributed by atoms with Crippen LogP contribution in [0.15, 0.2) is 22.7 Å². The Labute approximate surface area is 148 Å². The van der Waals surface area contributed by atoms with Crippen LogP contribution in [0, 0.1) is 0 Å². The topological polar surface area (TPSA) is 24.5 Å². The molecule has 2 fully saturated rings. The van der Waals surface area contributed by atoms with Crippen LogP contribution >= 0.6 is 28.3 Å². The summed E-state index contributed by atoms with van der Waals surface area (Å²) in [5.74, 6) is -0.201. The number of ether oxygens (including phenoxy) is 1. The van der Waals surface area contributed by atoms with Crippen molar-refractivity contribution in [1.82, 2.24) is 10.2 Å². The fourth-order valence-electron chi connectivity index (χ4n) is 3.27. The lowest BCUT2D eigenvalue weighted by atomic mass is 10.1. The van der Waals surface area contributed by atoms with Gasteiger partial charge in [0, 0.05) is 31.7 Å². The van der Waals surface area contributed by atoms with E-state index in [1.165, 1.54) is 18.9 Å². The van der Waals surface area contributed by atoms with Gasteiger partial charge in [-0.15, -0.1) is 25.6 Å². The monoisotopic (exact) mass is 414 g/mol. The molecule has 2 unspecified atom stereocenters. The van der Waals surface area contributed by atoms with Crippen LogP contribution in [0.25, 0.3) is 0 Å². The first-order chi connectivity index (χ1) is 10.4. The molecule has 2 bridgehead atoms. The number of halogens is 5. The van der Waals surface area contributed by atoms with Crippen molar-refractivity contribution in [2.75, 3.05) is 13.1 Å². The van der Waals surface area contributed by atoms with Crippen LogP contribution in [0.2, 0.25) is 0 Å². The second-order valence-electron chi connectivity index (χ2n) is 5.97. The van der Waals surface area contributed by atoms with E-state index >= 15 is 0 Å². The predicted molar refractivity (Wildman–Crippen MR) is 87.9 cm³/mol. The van der Waals surface area contributed by atoms with Crippen molar-refractivity contribution in [3.63, 3.8) is 0 Å². The molecule has 2 saturated heterocycles. The number of fused-ring (bicyclic) bond motifs is 2. The van der Waals surface area contributed by atoms with Crippen LogP contribution in [0.3, 0.4) is 0 Å². The lowest BCUT2D eigenvalue weighted by Crippen LogP contribution is -2.34. The smallest absolute Gasteiger partial charge is 0.405 e. The maximum Gasteiger partial charge on any atom is 0.573 e. The number of hydrogen-bond donors (Lipinski definition) is 1. The molecule has 8 heteroatoms. The van der Waals surface area contributed by atoms with Crippen molar-refractivity contribution >= 4 is 28.3 Å². The molecule has 2 aliphatic rings. The van der Waals surface area contributed by atoms with Gasteiger partial charge >= 0.3 is 6.36 Å². The first kappa shape index (κ1) is 18.8. The van der Waals surface area contributed by atoms with Gasteiger partial charge in [0.15, 0.2) is 0 Å². The summed E-state index contributed by atoms with van der Waals surface area (Å²) >= 11 is 3.16. The zero-order valence-corrected chi connectivity index (χ0v) is 14.8. The molecule has 2 aliphatic heterocycles. The molecule has 0 aromatic heterocycles. The lowest BCUT2D eigenvalue weighted by molar-refractivity contribution is -0.274. The second-order valence-corrected chi connectivity index (χ2v) is 6.83. The first-order valence-corrected chi connectivity index (χ1v) is 8.21. The average Bonchev–Trinajstić information content (AvgIpc) is 2.75. The number of nitrogens with zero attached hydrogens (tertiary/aromatic N) is 1. The van der Waals surface area contributed by atoms with Crippen molar-refractivity contribution in [3.8, 4) is 5.75 Å². The van der Waals surface area contributed by atoms with Gasteiger partial charge in [0.25, 0.3) is 0 Å². The van der Waals surface area contributed by atoms with E-state index in [0.29, 0.717) is 16.6 Å². The molecular formula is C15H19BrClF3N2O. The van der Waals surface area contributed by atoms with Crippen LogP contribution in [-0.4, -0.2) is 36.4 Å². The number of likely N-dealkylation sites (tertiary alicyclic amines) is 1. The van der Waals surface area contributed by atoms with E-state index < -0.39 is 6.36 Å². The van der Waals surface area contributed by atoms with E-state index in [4.69, 9.17) is 0 Å². The van der Waals surface area contributed by atoms with Crippen LogP contribution in [-0.2, 0) is 6.54 Å². The van der Waals surface area contributed by atoms with Gasteiger partial charge in [0.05, 0.1) is 4.47 Å². The highest BCUT2D eigenvalue weighted by atomic mass is 79.9. The molecule has 0 aliphatic carbocycles. The minimum absolute atomic E-state index is 0. The number of benzene rings is 1. The molecule has 0 radical (unpaired) electrons. The van der Waals surface area contributed by atoms with E-state index in [-0.39, 0.29) is 18.2 Å². The molecule has 3 nitrogen and oxygen atoms in total. The summed E-state index contributed by atoms with van der Waals surface area (Å²) in [6, 6.07) is 5.95. The number of alkyl halides is 3. The molecule has 0 spiro atoms. The minimum atomic E-state index is -4.67. The Bertz CT molecular complexity index is 544. The van der Waals surface area contributed by atoms with E-state index in [1.807, 2.05) is 0 Å². The maximum absolute atomic E-state index is 12.3. The highest BCUT2D eigenvalue weighted by molar-refractivity contribution is 9.10. The number of rotatable bonds is 3. The summed E-state index contributed by atoms with van der Waals surface area (Å²) in [5, 5.41) is 3.62. The van der Waals surface area contributed by atoms with Crippen LogP contribution in [0.1, 0.15) is 24.8 Å². The summed E-state index contributed by atoms with van der Waals surface area (Å²) in [5.41, 5.74) is 0.985. The Morgan fingerprint density at radius 1 is 1.22 bits per heavy atom. The highest BCUT2D eigenvalue weighted by Gasteiger charge is 2.32. The normalized spacial score (nSPS) is 24.9. The molecule has 1 aromatic carbocycles. The fraction of sp³-hybridized carbons (Fsp3) is 0.600. The third kappa shape index (κ3) is 5.24. The minimum Gasteiger partial charge on any atom is -0.405 e. The van der Waals surface area contributed by atoms with Gasteiger partial charge in [0.1, 0.15) is 5.75 Å². The largest absolute Gasteiger partial charge is 0.573 e. The Kier molecular flexibility index (Phi) is 6.22. The van der Waals surface area contributed by atoms with E-state index in [0.717, 1.165) is 31.6 Å². The van der Waals surface area contributed by atoms with Gasteiger partial charge in [-0.1, -0.05) is 6.07 Å². The number of nitrogens with one attached hydrogen (secondary N) is 1. The van der Waals surface area contributed by atoms with Gasteiger partial charge in [-0.2, -0.15) is 0 Å². The Morgan fingerprint density at radius 2 is 1.96 bits per heavy atom. The lowest BCUT2D eigenvalue weighted by Gasteiger charge is -2.24. The molecule has 2 atom stereocenters. The molecule has 1 N–H and O–H groups in total. The quantitative estimate of drug-likeness (QED) is 0.804. The first-order valence-electron chi connectivity index (χ1n) is 7.41. The SMILES string of the molecule is Cl.FC(F)(F)Oc1ccc(CN2CCC3CCC(C2)N3)cc1Br. The number of hydrogen-bond acceptors (Lipinski definition) is 3. The Morgan fingerprint density at radius 3 is 2.65 bits per heavy atom. The average molecular weight is 416 g/mol. The van der Waals surface area contributed by atoms with Gasteiger partial charge in [-0.3, -0.25) is 4.90 Å². The molecule has 130 valence electrons. The van der Waals surface area contributed by atoms with Gasteiger partial charge in [-0.25, -0.2) is 0 Å². The molecule has 2 heterocycles. The van der Waals surface area contributed by atoms with Crippen molar-refractivity contribution in [2.24, 2.45) is 0 Å².